The third kappa shape index (κ3) is 7.09. The average molecular weight is 536 g/mol. The predicted octanol–water partition coefficient (Wildman–Crippen LogP) is 5.88. The van der Waals surface area contributed by atoms with E-state index in [-0.39, 0.29) is 18.4 Å². The number of carbonyl (C=O) groups is 2. The Kier molecular flexibility index (Phi) is 9.55. The summed E-state index contributed by atoms with van der Waals surface area (Å²) < 4.78 is 0. The molecule has 194 valence electrons. The molecule has 2 aromatic carbocycles. The van der Waals surface area contributed by atoms with Crippen molar-refractivity contribution >= 4 is 46.1 Å². The van der Waals surface area contributed by atoms with Crippen LogP contribution in [0.3, 0.4) is 0 Å². The third-order valence-electron chi connectivity index (χ3n) is 6.44. The van der Waals surface area contributed by atoms with Gasteiger partial charge in [-0.1, -0.05) is 30.3 Å². The molecule has 1 aromatic heterocycles. The molecule has 0 spiro atoms. The first-order chi connectivity index (χ1) is 18.0. The summed E-state index contributed by atoms with van der Waals surface area (Å²) in [5.74, 6) is 1.12. The van der Waals surface area contributed by atoms with Crippen molar-refractivity contribution in [1.29, 1.82) is 0 Å². The number of benzene rings is 2. The number of hydrogen-bond acceptors (Lipinski definition) is 6. The van der Waals surface area contributed by atoms with Crippen molar-refractivity contribution < 1.29 is 14.7 Å². The Bertz CT molecular complexity index is 1300. The minimum atomic E-state index is -0.302. The SMILES string of the molecule is Cc1ccc(C=NNC(=O)c2c(NC(=O)c3cccc(CSCCCO)c3)sc3c2CCCC3)cc1C. The van der Waals surface area contributed by atoms with Crippen LogP contribution in [0.25, 0.3) is 0 Å². The van der Waals surface area contributed by atoms with E-state index in [1.54, 1.807) is 24.0 Å². The number of rotatable bonds is 10. The maximum absolute atomic E-state index is 13.3. The molecule has 0 unspecified atom stereocenters. The highest BCUT2D eigenvalue weighted by atomic mass is 32.2. The lowest BCUT2D eigenvalue weighted by Crippen LogP contribution is -2.22. The number of carbonyl (C=O) groups excluding carboxylic acids is 2. The van der Waals surface area contributed by atoms with Crippen LogP contribution in [0.1, 0.15) is 72.7 Å². The van der Waals surface area contributed by atoms with E-state index >= 15 is 0 Å². The lowest BCUT2D eigenvalue weighted by atomic mass is 9.95. The quantitative estimate of drug-likeness (QED) is 0.172. The molecule has 37 heavy (non-hydrogen) atoms. The number of thiophene rings is 1. The summed E-state index contributed by atoms with van der Waals surface area (Å²) in [6, 6.07) is 13.6. The van der Waals surface area contributed by atoms with E-state index in [1.165, 1.54) is 27.3 Å². The second kappa shape index (κ2) is 13.0. The van der Waals surface area contributed by atoms with Crippen molar-refractivity contribution in [3.63, 3.8) is 0 Å². The zero-order chi connectivity index (χ0) is 26.2. The van der Waals surface area contributed by atoms with Crippen molar-refractivity contribution in [3.8, 4) is 0 Å². The molecule has 1 heterocycles. The van der Waals surface area contributed by atoms with Crippen LogP contribution in [-0.2, 0) is 18.6 Å². The Morgan fingerprint density at radius 1 is 1.08 bits per heavy atom. The summed E-state index contributed by atoms with van der Waals surface area (Å²) in [6.45, 7) is 4.29. The van der Waals surface area contributed by atoms with Gasteiger partial charge in [-0.25, -0.2) is 5.43 Å². The van der Waals surface area contributed by atoms with Crippen molar-refractivity contribution in [2.75, 3.05) is 17.7 Å². The van der Waals surface area contributed by atoms with Crippen LogP contribution < -0.4 is 10.7 Å². The number of thioether (sulfide) groups is 1. The second-order valence-electron chi connectivity index (χ2n) is 9.24. The predicted molar refractivity (Wildman–Crippen MR) is 154 cm³/mol. The number of nitrogens with zero attached hydrogens (tertiary/aromatic N) is 1. The molecule has 0 radical (unpaired) electrons. The first-order valence-corrected chi connectivity index (χ1v) is 14.6. The van der Waals surface area contributed by atoms with E-state index in [0.29, 0.717) is 16.1 Å². The highest BCUT2D eigenvalue weighted by Gasteiger charge is 2.26. The fourth-order valence-corrected chi connectivity index (χ4v) is 6.47. The highest BCUT2D eigenvalue weighted by Crippen LogP contribution is 2.38. The molecule has 0 bridgehead atoms. The smallest absolute Gasteiger partial charge is 0.274 e. The maximum Gasteiger partial charge on any atom is 0.274 e. The molecule has 0 saturated heterocycles. The molecule has 8 heteroatoms. The molecular weight excluding hydrogens is 502 g/mol. The summed E-state index contributed by atoms with van der Waals surface area (Å²) in [5.41, 5.74) is 9.14. The van der Waals surface area contributed by atoms with E-state index in [0.717, 1.165) is 60.3 Å². The largest absolute Gasteiger partial charge is 0.396 e. The van der Waals surface area contributed by atoms with E-state index in [2.05, 4.69) is 22.8 Å². The number of aliphatic hydroxyl groups is 1. The van der Waals surface area contributed by atoms with E-state index in [9.17, 15) is 9.59 Å². The fourth-order valence-electron chi connectivity index (χ4n) is 4.29. The van der Waals surface area contributed by atoms with Gasteiger partial charge in [0.1, 0.15) is 5.00 Å². The van der Waals surface area contributed by atoms with Crippen LogP contribution in [0.2, 0.25) is 0 Å². The molecule has 0 fully saturated rings. The van der Waals surface area contributed by atoms with Crippen LogP contribution in [0.4, 0.5) is 5.00 Å². The molecule has 4 rings (SSSR count). The molecule has 0 saturated carbocycles. The molecule has 1 aliphatic rings. The van der Waals surface area contributed by atoms with Gasteiger partial charge in [0.2, 0.25) is 0 Å². The summed E-state index contributed by atoms with van der Waals surface area (Å²) in [5, 5.41) is 16.8. The van der Waals surface area contributed by atoms with Gasteiger partial charge in [-0.05, 0) is 91.7 Å². The summed E-state index contributed by atoms with van der Waals surface area (Å²) >= 11 is 3.23. The number of nitrogens with one attached hydrogen (secondary N) is 2. The number of aliphatic hydroxyl groups excluding tert-OH is 1. The second-order valence-corrected chi connectivity index (χ2v) is 11.5. The molecule has 1 aliphatic carbocycles. The number of hydrazone groups is 1. The Balaban J connectivity index is 1.50. The first-order valence-electron chi connectivity index (χ1n) is 12.6. The van der Waals surface area contributed by atoms with Crippen molar-refractivity contribution in [3.05, 3.63) is 86.3 Å². The molecule has 3 N–H and O–H groups in total. The number of fused-ring (bicyclic) bond motifs is 1. The van der Waals surface area contributed by atoms with Gasteiger partial charge in [0.25, 0.3) is 11.8 Å². The fraction of sp³-hybridized carbons (Fsp3) is 0.345. The van der Waals surface area contributed by atoms with Gasteiger partial charge in [0.15, 0.2) is 0 Å². The molecule has 0 aliphatic heterocycles. The van der Waals surface area contributed by atoms with Gasteiger partial charge in [-0.15, -0.1) is 11.3 Å². The van der Waals surface area contributed by atoms with E-state index in [4.69, 9.17) is 5.11 Å². The number of hydrogen-bond donors (Lipinski definition) is 3. The summed E-state index contributed by atoms with van der Waals surface area (Å²) in [6.07, 6.45) is 6.26. The van der Waals surface area contributed by atoms with E-state index < -0.39 is 0 Å². The highest BCUT2D eigenvalue weighted by molar-refractivity contribution is 7.98. The molecule has 3 aromatic rings. The lowest BCUT2D eigenvalue weighted by molar-refractivity contribution is 0.0955. The van der Waals surface area contributed by atoms with Crippen molar-refractivity contribution in [1.82, 2.24) is 5.43 Å². The number of anilines is 1. The van der Waals surface area contributed by atoms with Crippen LogP contribution >= 0.6 is 23.1 Å². The summed E-state index contributed by atoms with van der Waals surface area (Å²) in [7, 11) is 0. The minimum absolute atomic E-state index is 0.188. The Morgan fingerprint density at radius 3 is 2.73 bits per heavy atom. The first kappa shape index (κ1) is 27.1. The van der Waals surface area contributed by atoms with Gasteiger partial charge in [-0.3, -0.25) is 9.59 Å². The monoisotopic (exact) mass is 535 g/mol. The standard InChI is InChI=1S/C29H33N3O3S2/c1-19-11-12-21(15-20(19)2)17-30-32-28(35)26-24-9-3-4-10-25(24)37-29(26)31-27(34)23-8-5-7-22(16-23)18-36-14-6-13-33/h5,7-8,11-12,15-17,33H,3-4,6,9-10,13-14,18H2,1-2H3,(H,31,34)(H,32,35). The van der Waals surface area contributed by atoms with Crippen molar-refractivity contribution in [2.24, 2.45) is 5.10 Å². The molecule has 0 atom stereocenters. The number of amides is 2. The minimum Gasteiger partial charge on any atom is -0.396 e. The zero-order valence-electron chi connectivity index (χ0n) is 21.3. The normalized spacial score (nSPS) is 12.9. The van der Waals surface area contributed by atoms with Gasteiger partial charge in [0.05, 0.1) is 11.8 Å². The average Bonchev–Trinajstić information content (AvgIpc) is 3.26. The molecule has 2 amide bonds. The van der Waals surface area contributed by atoms with E-state index in [1.807, 2.05) is 43.3 Å². The summed E-state index contributed by atoms with van der Waals surface area (Å²) in [4.78, 5) is 27.6. The van der Waals surface area contributed by atoms with Gasteiger partial charge < -0.3 is 10.4 Å². The Morgan fingerprint density at radius 2 is 1.92 bits per heavy atom. The third-order valence-corrected chi connectivity index (χ3v) is 8.76. The maximum atomic E-state index is 13.3. The van der Waals surface area contributed by atoms with Crippen LogP contribution in [0.5, 0.6) is 0 Å². The van der Waals surface area contributed by atoms with Gasteiger partial charge >= 0.3 is 0 Å². The molecule has 6 nitrogen and oxygen atoms in total. The van der Waals surface area contributed by atoms with Gasteiger partial charge in [-0.2, -0.15) is 16.9 Å². The lowest BCUT2D eigenvalue weighted by Gasteiger charge is -2.12. The van der Waals surface area contributed by atoms with Crippen LogP contribution in [0, 0.1) is 13.8 Å². The molecular formula is C29H33N3O3S2. The Hall–Kier alpha value is -2.94. The Labute approximate surface area is 226 Å². The zero-order valence-corrected chi connectivity index (χ0v) is 22.9. The number of aryl methyl sites for hydroxylation is 3. The van der Waals surface area contributed by atoms with Crippen LogP contribution in [-0.4, -0.2) is 35.5 Å². The topological polar surface area (TPSA) is 90.8 Å². The van der Waals surface area contributed by atoms with Crippen molar-refractivity contribution in [2.45, 2.75) is 51.7 Å². The van der Waals surface area contributed by atoms with Gasteiger partial charge in [0, 0.05) is 22.8 Å². The van der Waals surface area contributed by atoms with Crippen LogP contribution in [0.15, 0.2) is 47.6 Å².